The second-order valence-electron chi connectivity index (χ2n) is 4.20. The second-order valence-corrected chi connectivity index (χ2v) is 5.46. The first-order valence-electron chi connectivity index (χ1n) is 5.84. The van der Waals surface area contributed by atoms with Crippen LogP contribution >= 0.6 is 22.9 Å². The van der Waals surface area contributed by atoms with Crippen molar-refractivity contribution in [3.05, 3.63) is 56.7 Å². The summed E-state index contributed by atoms with van der Waals surface area (Å²) >= 11 is 7.33. The maximum absolute atomic E-state index is 11.9. The molecule has 2 aromatic rings. The highest BCUT2D eigenvalue weighted by molar-refractivity contribution is 7.13. The number of hydrogen-bond acceptors (Lipinski definition) is 3. The van der Waals surface area contributed by atoms with E-state index in [1.54, 1.807) is 0 Å². The van der Waals surface area contributed by atoms with Crippen LogP contribution in [0.4, 0.5) is 0 Å². The van der Waals surface area contributed by atoms with Crippen molar-refractivity contribution in [2.45, 2.75) is 13.0 Å². The van der Waals surface area contributed by atoms with Gasteiger partial charge >= 0.3 is 0 Å². The van der Waals surface area contributed by atoms with Gasteiger partial charge in [-0.15, -0.1) is 11.3 Å². The molecule has 0 radical (unpaired) electrons. The van der Waals surface area contributed by atoms with Crippen LogP contribution in [0.1, 0.15) is 26.9 Å². The van der Waals surface area contributed by atoms with Gasteiger partial charge in [-0.05, 0) is 23.4 Å². The summed E-state index contributed by atoms with van der Waals surface area (Å²) in [6.45, 7) is 2.02. The van der Waals surface area contributed by atoms with Gasteiger partial charge in [0.15, 0.2) is 0 Å². The molecule has 0 saturated heterocycles. The molecule has 2 rings (SSSR count). The minimum Gasteiger partial charge on any atom is -0.387 e. The average molecular weight is 296 g/mol. The van der Waals surface area contributed by atoms with Gasteiger partial charge in [0.05, 0.1) is 11.1 Å². The van der Waals surface area contributed by atoms with Crippen LogP contribution in [0.5, 0.6) is 0 Å². The van der Waals surface area contributed by atoms with Gasteiger partial charge in [-0.3, -0.25) is 4.79 Å². The molecule has 1 heterocycles. The molecule has 1 aromatic carbocycles. The van der Waals surface area contributed by atoms with Crippen LogP contribution in [0, 0.1) is 6.92 Å². The summed E-state index contributed by atoms with van der Waals surface area (Å²) in [7, 11) is 0. The molecule has 0 aliphatic rings. The maximum Gasteiger partial charge on any atom is 0.262 e. The molecular formula is C14H14ClNO2S. The molecule has 100 valence electrons. The molecule has 0 saturated carbocycles. The van der Waals surface area contributed by atoms with Crippen LogP contribution in [0.3, 0.4) is 0 Å². The lowest BCUT2D eigenvalue weighted by atomic mass is 10.1. The molecule has 0 spiro atoms. The van der Waals surface area contributed by atoms with Crippen molar-refractivity contribution in [2.24, 2.45) is 0 Å². The Morgan fingerprint density at radius 2 is 2.11 bits per heavy atom. The van der Waals surface area contributed by atoms with E-state index in [2.05, 4.69) is 5.32 Å². The zero-order valence-electron chi connectivity index (χ0n) is 10.4. The largest absolute Gasteiger partial charge is 0.387 e. The monoisotopic (exact) mass is 295 g/mol. The third kappa shape index (κ3) is 3.35. The van der Waals surface area contributed by atoms with Crippen LogP contribution < -0.4 is 5.32 Å². The van der Waals surface area contributed by atoms with Crippen molar-refractivity contribution < 1.29 is 9.90 Å². The van der Waals surface area contributed by atoms with Crippen molar-refractivity contribution in [3.63, 3.8) is 0 Å². The summed E-state index contributed by atoms with van der Waals surface area (Å²) in [6.07, 6.45) is -0.718. The molecule has 0 fully saturated rings. The van der Waals surface area contributed by atoms with Crippen molar-refractivity contribution in [2.75, 3.05) is 6.54 Å². The Bertz CT molecular complexity index is 568. The van der Waals surface area contributed by atoms with Gasteiger partial charge in [0.2, 0.25) is 0 Å². The Hall–Kier alpha value is -1.36. The zero-order chi connectivity index (χ0) is 13.8. The van der Waals surface area contributed by atoms with E-state index in [4.69, 9.17) is 11.6 Å². The molecule has 1 atom stereocenters. The average Bonchev–Trinajstić information content (AvgIpc) is 2.77. The number of rotatable bonds is 4. The Morgan fingerprint density at radius 3 is 2.68 bits per heavy atom. The summed E-state index contributed by atoms with van der Waals surface area (Å²) in [6, 6.07) is 9.21. The van der Waals surface area contributed by atoms with Crippen LogP contribution in [-0.2, 0) is 0 Å². The number of nitrogens with one attached hydrogen (secondary N) is 1. The van der Waals surface area contributed by atoms with E-state index in [0.29, 0.717) is 9.90 Å². The van der Waals surface area contributed by atoms with Gasteiger partial charge in [-0.25, -0.2) is 0 Å². The topological polar surface area (TPSA) is 49.3 Å². The summed E-state index contributed by atoms with van der Waals surface area (Å²) in [5.74, 6) is -0.252. The fourth-order valence-corrected chi connectivity index (χ4v) is 2.84. The SMILES string of the molecule is Cc1csc(C(=O)NCC(O)c2ccccc2)c1Cl. The lowest BCUT2D eigenvalue weighted by molar-refractivity contribution is 0.0920. The number of carbonyl (C=O) groups excluding carboxylic acids is 1. The molecule has 0 aliphatic heterocycles. The summed E-state index contributed by atoms with van der Waals surface area (Å²) in [5.41, 5.74) is 1.66. The highest BCUT2D eigenvalue weighted by Gasteiger charge is 2.16. The van der Waals surface area contributed by atoms with E-state index in [1.165, 1.54) is 11.3 Å². The van der Waals surface area contributed by atoms with E-state index in [0.717, 1.165) is 11.1 Å². The first kappa shape index (κ1) is 14.1. The Balaban J connectivity index is 1.96. The van der Waals surface area contributed by atoms with Gasteiger partial charge < -0.3 is 10.4 Å². The van der Waals surface area contributed by atoms with Gasteiger partial charge in [-0.2, -0.15) is 0 Å². The van der Waals surface area contributed by atoms with E-state index < -0.39 is 6.10 Å². The van der Waals surface area contributed by atoms with Crippen LogP contribution in [0.2, 0.25) is 5.02 Å². The summed E-state index contributed by atoms with van der Waals surface area (Å²) in [5, 5.41) is 15.0. The molecule has 1 amide bonds. The van der Waals surface area contributed by atoms with E-state index in [1.807, 2.05) is 42.6 Å². The highest BCUT2D eigenvalue weighted by atomic mass is 35.5. The van der Waals surface area contributed by atoms with E-state index in [9.17, 15) is 9.90 Å². The lowest BCUT2D eigenvalue weighted by Gasteiger charge is -2.11. The molecule has 0 aliphatic carbocycles. The molecule has 1 aromatic heterocycles. The predicted octanol–water partition coefficient (Wildman–Crippen LogP) is 3.17. The van der Waals surface area contributed by atoms with Gasteiger partial charge in [0, 0.05) is 6.54 Å². The summed E-state index contributed by atoms with van der Waals surface area (Å²) < 4.78 is 0. The maximum atomic E-state index is 11.9. The number of amides is 1. The number of carbonyl (C=O) groups is 1. The predicted molar refractivity (Wildman–Crippen MR) is 77.8 cm³/mol. The minimum absolute atomic E-state index is 0.163. The smallest absolute Gasteiger partial charge is 0.262 e. The summed E-state index contributed by atoms with van der Waals surface area (Å²) in [4.78, 5) is 12.4. The number of halogens is 1. The van der Waals surface area contributed by atoms with Crippen LogP contribution in [0.25, 0.3) is 0 Å². The Kier molecular flexibility index (Phi) is 4.58. The first-order chi connectivity index (χ1) is 9.09. The Labute approximate surface area is 120 Å². The number of benzene rings is 1. The number of aliphatic hydroxyl groups excluding tert-OH is 1. The van der Waals surface area contributed by atoms with Crippen molar-refractivity contribution in [3.8, 4) is 0 Å². The zero-order valence-corrected chi connectivity index (χ0v) is 12.0. The number of aryl methyl sites for hydroxylation is 1. The fourth-order valence-electron chi connectivity index (χ4n) is 1.65. The molecule has 3 nitrogen and oxygen atoms in total. The first-order valence-corrected chi connectivity index (χ1v) is 7.10. The lowest BCUT2D eigenvalue weighted by Crippen LogP contribution is -2.27. The van der Waals surface area contributed by atoms with Gasteiger partial charge in [-0.1, -0.05) is 41.9 Å². The third-order valence-electron chi connectivity index (χ3n) is 2.75. The molecule has 0 bridgehead atoms. The molecule has 1 unspecified atom stereocenters. The minimum atomic E-state index is -0.718. The number of hydrogen-bond donors (Lipinski definition) is 2. The highest BCUT2D eigenvalue weighted by Crippen LogP contribution is 2.26. The van der Waals surface area contributed by atoms with E-state index in [-0.39, 0.29) is 12.5 Å². The molecule has 5 heteroatoms. The van der Waals surface area contributed by atoms with Crippen molar-refractivity contribution >= 4 is 28.8 Å². The van der Waals surface area contributed by atoms with Crippen molar-refractivity contribution in [1.82, 2.24) is 5.32 Å². The van der Waals surface area contributed by atoms with Gasteiger partial charge in [0.25, 0.3) is 5.91 Å². The number of aliphatic hydroxyl groups is 1. The quantitative estimate of drug-likeness (QED) is 0.910. The molecule has 2 N–H and O–H groups in total. The standard InChI is InChI=1S/C14H14ClNO2S/c1-9-8-19-13(12(9)15)14(18)16-7-11(17)10-5-3-2-4-6-10/h2-6,8,11,17H,7H2,1H3,(H,16,18). The van der Waals surface area contributed by atoms with Crippen LogP contribution in [0.15, 0.2) is 35.7 Å². The fraction of sp³-hybridized carbons (Fsp3) is 0.214. The number of thiophene rings is 1. The third-order valence-corrected chi connectivity index (χ3v) is 4.44. The molecular weight excluding hydrogens is 282 g/mol. The normalized spacial score (nSPS) is 12.2. The Morgan fingerprint density at radius 1 is 1.42 bits per heavy atom. The molecule has 19 heavy (non-hydrogen) atoms. The van der Waals surface area contributed by atoms with E-state index >= 15 is 0 Å². The van der Waals surface area contributed by atoms with Gasteiger partial charge in [0.1, 0.15) is 4.88 Å². The van der Waals surface area contributed by atoms with Crippen molar-refractivity contribution in [1.29, 1.82) is 0 Å². The van der Waals surface area contributed by atoms with Crippen LogP contribution in [-0.4, -0.2) is 17.6 Å². The second kappa shape index (κ2) is 6.19.